The van der Waals surface area contributed by atoms with Crippen LogP contribution in [-0.2, 0) is 6.42 Å². The summed E-state index contributed by atoms with van der Waals surface area (Å²) < 4.78 is 41.0. The summed E-state index contributed by atoms with van der Waals surface area (Å²) in [6.45, 7) is 0.886. The number of aromatic nitrogens is 2. The van der Waals surface area contributed by atoms with E-state index >= 15 is 0 Å². The molecule has 4 nitrogen and oxygen atoms in total. The van der Waals surface area contributed by atoms with Gasteiger partial charge in [0.15, 0.2) is 5.82 Å². The highest BCUT2D eigenvalue weighted by Gasteiger charge is 2.28. The first-order valence-electron chi connectivity index (χ1n) is 6.17. The average molecular weight is 263 g/mol. The molecule has 0 aliphatic carbocycles. The fourth-order valence-corrected chi connectivity index (χ4v) is 2.01. The van der Waals surface area contributed by atoms with E-state index in [-0.39, 0.29) is 18.4 Å². The van der Waals surface area contributed by atoms with E-state index in [1.165, 1.54) is 0 Å². The Morgan fingerprint density at radius 2 is 2.11 bits per heavy atom. The lowest BCUT2D eigenvalue weighted by atomic mass is 10.1. The van der Waals surface area contributed by atoms with Crippen molar-refractivity contribution in [1.82, 2.24) is 15.5 Å². The number of hydrogen-bond donors (Lipinski definition) is 1. The average Bonchev–Trinajstić information content (AvgIpc) is 2.60. The Hall–Kier alpha value is -1.11. The molecule has 2 rings (SSSR count). The lowest BCUT2D eigenvalue weighted by Gasteiger charge is -2.09. The Morgan fingerprint density at radius 1 is 1.28 bits per heavy atom. The number of hydrogen-bond acceptors (Lipinski definition) is 4. The minimum Gasteiger partial charge on any atom is -0.339 e. The van der Waals surface area contributed by atoms with Gasteiger partial charge in [-0.05, 0) is 19.4 Å². The molecule has 1 saturated heterocycles. The predicted molar refractivity (Wildman–Crippen MR) is 57.9 cm³/mol. The van der Waals surface area contributed by atoms with Gasteiger partial charge in [-0.1, -0.05) is 18.0 Å². The number of aryl methyl sites for hydroxylation is 1. The quantitative estimate of drug-likeness (QED) is 0.911. The van der Waals surface area contributed by atoms with Gasteiger partial charge >= 0.3 is 6.18 Å². The molecular formula is C11H16F3N3O. The second-order valence-corrected chi connectivity index (χ2v) is 4.52. The highest BCUT2D eigenvalue weighted by molar-refractivity contribution is 4.95. The SMILES string of the molecule is FC(F)(F)CCc1nc(C2CCCCCN2)no1. The molecule has 7 heteroatoms. The third kappa shape index (κ3) is 3.97. The highest BCUT2D eigenvalue weighted by atomic mass is 19.4. The smallest absolute Gasteiger partial charge is 0.339 e. The van der Waals surface area contributed by atoms with Crippen molar-refractivity contribution in [3.8, 4) is 0 Å². The van der Waals surface area contributed by atoms with Gasteiger partial charge < -0.3 is 9.84 Å². The molecule has 1 aromatic heterocycles. The molecule has 0 saturated carbocycles. The van der Waals surface area contributed by atoms with Gasteiger partial charge in [0.2, 0.25) is 5.89 Å². The number of nitrogens with one attached hydrogen (secondary N) is 1. The topological polar surface area (TPSA) is 51.0 Å². The number of halogens is 3. The third-order valence-corrected chi connectivity index (χ3v) is 2.98. The van der Waals surface area contributed by atoms with Crippen molar-refractivity contribution in [2.24, 2.45) is 0 Å². The van der Waals surface area contributed by atoms with E-state index in [1.807, 2.05) is 0 Å². The zero-order valence-corrected chi connectivity index (χ0v) is 9.96. The molecular weight excluding hydrogens is 247 g/mol. The van der Waals surface area contributed by atoms with Gasteiger partial charge in [0.1, 0.15) is 0 Å². The summed E-state index contributed by atoms with van der Waals surface area (Å²) in [5.41, 5.74) is 0. The van der Waals surface area contributed by atoms with Crippen LogP contribution in [0.15, 0.2) is 4.52 Å². The fraction of sp³-hybridized carbons (Fsp3) is 0.818. The van der Waals surface area contributed by atoms with Gasteiger partial charge in [0, 0.05) is 6.42 Å². The van der Waals surface area contributed by atoms with Crippen molar-refractivity contribution >= 4 is 0 Å². The van der Waals surface area contributed by atoms with Crippen molar-refractivity contribution in [3.05, 3.63) is 11.7 Å². The summed E-state index contributed by atoms with van der Waals surface area (Å²) >= 11 is 0. The lowest BCUT2D eigenvalue weighted by Crippen LogP contribution is -2.21. The first-order chi connectivity index (χ1) is 8.54. The molecule has 2 heterocycles. The van der Waals surface area contributed by atoms with Crippen LogP contribution in [0.3, 0.4) is 0 Å². The molecule has 102 valence electrons. The maximum absolute atomic E-state index is 12.1. The molecule has 1 N–H and O–H groups in total. The Balaban J connectivity index is 1.92. The molecule has 0 spiro atoms. The standard InChI is InChI=1S/C11H16F3N3O/c12-11(13,14)6-5-9-16-10(17-18-9)8-4-2-1-3-7-15-8/h8,15H,1-7H2. The summed E-state index contributed by atoms with van der Waals surface area (Å²) in [7, 11) is 0. The first kappa shape index (κ1) is 13.3. The zero-order chi connectivity index (χ0) is 13.0. The van der Waals surface area contributed by atoms with E-state index in [4.69, 9.17) is 4.52 Å². The largest absolute Gasteiger partial charge is 0.389 e. The molecule has 1 fully saturated rings. The highest BCUT2D eigenvalue weighted by Crippen LogP contribution is 2.23. The second-order valence-electron chi connectivity index (χ2n) is 4.52. The van der Waals surface area contributed by atoms with Gasteiger partial charge in [0.25, 0.3) is 0 Å². The van der Waals surface area contributed by atoms with Crippen LogP contribution < -0.4 is 5.32 Å². The minimum absolute atomic E-state index is 0.0101. The Morgan fingerprint density at radius 3 is 2.89 bits per heavy atom. The van der Waals surface area contributed by atoms with Crippen LogP contribution >= 0.6 is 0 Å². The second kappa shape index (κ2) is 5.69. The van der Waals surface area contributed by atoms with E-state index < -0.39 is 12.6 Å². The van der Waals surface area contributed by atoms with Crippen LogP contribution in [0, 0.1) is 0 Å². The van der Waals surface area contributed by atoms with Gasteiger partial charge in [-0.3, -0.25) is 0 Å². The van der Waals surface area contributed by atoms with Gasteiger partial charge in [-0.2, -0.15) is 18.2 Å². The summed E-state index contributed by atoms with van der Waals surface area (Å²) in [5.74, 6) is 0.544. The molecule has 1 aliphatic heterocycles. The molecule has 1 atom stereocenters. The Kier molecular flexibility index (Phi) is 4.21. The minimum atomic E-state index is -4.19. The van der Waals surface area contributed by atoms with Gasteiger partial charge in [0.05, 0.1) is 12.5 Å². The maximum Gasteiger partial charge on any atom is 0.389 e. The first-order valence-corrected chi connectivity index (χ1v) is 6.17. The van der Waals surface area contributed by atoms with Crippen LogP contribution in [0.4, 0.5) is 13.2 Å². The molecule has 0 amide bonds. The molecule has 1 unspecified atom stereocenters. The van der Waals surface area contributed by atoms with Crippen molar-refractivity contribution < 1.29 is 17.7 Å². The fourth-order valence-electron chi connectivity index (χ4n) is 2.01. The Labute approximate surface area is 103 Å². The van der Waals surface area contributed by atoms with Crippen molar-refractivity contribution in [2.45, 2.75) is 50.7 Å². The van der Waals surface area contributed by atoms with Crippen LogP contribution in [0.1, 0.15) is 49.9 Å². The van der Waals surface area contributed by atoms with Gasteiger partial charge in [-0.15, -0.1) is 0 Å². The summed E-state index contributed by atoms with van der Waals surface area (Å²) in [4.78, 5) is 4.04. The molecule has 1 aromatic rings. The van der Waals surface area contributed by atoms with E-state index in [9.17, 15) is 13.2 Å². The molecule has 18 heavy (non-hydrogen) atoms. The van der Waals surface area contributed by atoms with Crippen molar-refractivity contribution in [2.75, 3.05) is 6.54 Å². The third-order valence-electron chi connectivity index (χ3n) is 2.98. The van der Waals surface area contributed by atoms with Crippen LogP contribution in [0.5, 0.6) is 0 Å². The van der Waals surface area contributed by atoms with Crippen LogP contribution in [-0.4, -0.2) is 22.9 Å². The van der Waals surface area contributed by atoms with Gasteiger partial charge in [-0.25, -0.2) is 0 Å². The van der Waals surface area contributed by atoms with Crippen LogP contribution in [0.25, 0.3) is 0 Å². The number of rotatable bonds is 3. The van der Waals surface area contributed by atoms with E-state index in [0.29, 0.717) is 5.82 Å². The summed E-state index contributed by atoms with van der Waals surface area (Å²) in [6, 6.07) is 0.0101. The van der Waals surface area contributed by atoms with E-state index in [1.54, 1.807) is 0 Å². The summed E-state index contributed by atoms with van der Waals surface area (Å²) in [5, 5.41) is 7.04. The van der Waals surface area contributed by atoms with Crippen molar-refractivity contribution in [3.63, 3.8) is 0 Å². The summed E-state index contributed by atoms with van der Waals surface area (Å²) in [6.07, 6.45) is -1.12. The van der Waals surface area contributed by atoms with E-state index in [2.05, 4.69) is 15.5 Å². The predicted octanol–water partition coefficient (Wildman–Crippen LogP) is 2.77. The zero-order valence-electron chi connectivity index (χ0n) is 9.96. The van der Waals surface area contributed by atoms with Crippen molar-refractivity contribution in [1.29, 1.82) is 0 Å². The maximum atomic E-state index is 12.1. The molecule has 1 aliphatic rings. The number of alkyl halides is 3. The Bertz CT molecular complexity index is 370. The molecule has 0 radical (unpaired) electrons. The lowest BCUT2D eigenvalue weighted by molar-refractivity contribution is -0.134. The monoisotopic (exact) mass is 263 g/mol. The van der Waals surface area contributed by atoms with Crippen LogP contribution in [0.2, 0.25) is 0 Å². The van der Waals surface area contributed by atoms with E-state index in [0.717, 1.165) is 32.2 Å². The molecule has 0 bridgehead atoms. The normalized spacial score (nSPS) is 21.8. The number of nitrogens with zero attached hydrogens (tertiary/aromatic N) is 2. The molecule has 0 aromatic carbocycles.